The Morgan fingerprint density at radius 3 is 2.53 bits per heavy atom. The maximum atomic E-state index is 11.6. The minimum atomic E-state index is -0.193. The zero-order chi connectivity index (χ0) is 13.5. The minimum Gasteiger partial charge on any atom is -0.450 e. The van der Waals surface area contributed by atoms with Gasteiger partial charge in [-0.05, 0) is 13.3 Å². The highest BCUT2D eigenvalue weighted by atomic mass is 16.7. The fraction of sp³-hybridized carbons (Fsp3) is 0.923. The molecule has 2 fully saturated rings. The molecule has 0 spiro atoms. The van der Waals surface area contributed by atoms with Gasteiger partial charge in [-0.25, -0.2) is 4.79 Å². The number of piperazine rings is 1. The average molecular weight is 272 g/mol. The fourth-order valence-corrected chi connectivity index (χ4v) is 2.36. The zero-order valence-corrected chi connectivity index (χ0v) is 11.7. The lowest BCUT2D eigenvalue weighted by molar-refractivity contribution is -0.182. The molecule has 2 saturated heterocycles. The Morgan fingerprint density at radius 2 is 1.89 bits per heavy atom. The molecule has 1 amide bonds. The molecular weight excluding hydrogens is 248 g/mol. The third-order valence-corrected chi connectivity index (χ3v) is 3.48. The Balaban J connectivity index is 1.61. The maximum absolute atomic E-state index is 11.6. The van der Waals surface area contributed by atoms with E-state index in [1.165, 1.54) is 0 Å². The number of amides is 1. The first-order valence-electron chi connectivity index (χ1n) is 7.17. The Kier molecular flexibility index (Phi) is 5.88. The predicted molar refractivity (Wildman–Crippen MR) is 70.0 cm³/mol. The Labute approximate surface area is 114 Å². The van der Waals surface area contributed by atoms with Gasteiger partial charge in [-0.3, -0.25) is 4.90 Å². The topological polar surface area (TPSA) is 51.2 Å². The SMILES string of the molecule is CCOC(=O)N1CCN(CCC2OCCCO2)CC1. The summed E-state index contributed by atoms with van der Waals surface area (Å²) in [5.74, 6) is 0. The molecule has 2 rings (SSSR count). The first kappa shape index (κ1) is 14.6. The molecule has 0 aliphatic carbocycles. The van der Waals surface area contributed by atoms with E-state index < -0.39 is 0 Å². The molecular formula is C13H24N2O4. The van der Waals surface area contributed by atoms with Crippen LogP contribution in [0.5, 0.6) is 0 Å². The van der Waals surface area contributed by atoms with Crippen LogP contribution < -0.4 is 0 Å². The maximum Gasteiger partial charge on any atom is 0.409 e. The van der Waals surface area contributed by atoms with Gasteiger partial charge in [0.2, 0.25) is 0 Å². The molecule has 0 radical (unpaired) electrons. The lowest BCUT2D eigenvalue weighted by Gasteiger charge is -2.34. The van der Waals surface area contributed by atoms with E-state index >= 15 is 0 Å². The molecule has 0 aromatic heterocycles. The molecule has 6 heteroatoms. The summed E-state index contributed by atoms with van der Waals surface area (Å²) >= 11 is 0. The number of carbonyl (C=O) groups excluding carboxylic acids is 1. The Bertz CT molecular complexity index is 274. The molecule has 0 bridgehead atoms. The molecule has 2 aliphatic rings. The van der Waals surface area contributed by atoms with Crippen LogP contribution in [-0.4, -0.2) is 74.7 Å². The molecule has 0 saturated carbocycles. The summed E-state index contributed by atoms with van der Waals surface area (Å²) in [5.41, 5.74) is 0. The molecule has 0 aromatic carbocycles. The highest BCUT2D eigenvalue weighted by Crippen LogP contribution is 2.11. The van der Waals surface area contributed by atoms with Gasteiger partial charge in [0.15, 0.2) is 6.29 Å². The van der Waals surface area contributed by atoms with Crippen LogP contribution in [-0.2, 0) is 14.2 Å². The predicted octanol–water partition coefficient (Wildman–Crippen LogP) is 0.914. The number of nitrogens with zero attached hydrogens (tertiary/aromatic N) is 2. The smallest absolute Gasteiger partial charge is 0.409 e. The van der Waals surface area contributed by atoms with Gasteiger partial charge in [-0.1, -0.05) is 0 Å². The van der Waals surface area contributed by atoms with E-state index in [0.717, 1.165) is 58.8 Å². The molecule has 0 N–H and O–H groups in total. The van der Waals surface area contributed by atoms with Crippen molar-refractivity contribution in [2.24, 2.45) is 0 Å². The molecule has 110 valence electrons. The normalized spacial score (nSPS) is 22.5. The fourth-order valence-electron chi connectivity index (χ4n) is 2.36. The van der Waals surface area contributed by atoms with Gasteiger partial charge in [-0.15, -0.1) is 0 Å². The monoisotopic (exact) mass is 272 g/mol. The number of ether oxygens (including phenoxy) is 3. The van der Waals surface area contributed by atoms with E-state index in [0.29, 0.717) is 6.61 Å². The van der Waals surface area contributed by atoms with E-state index in [9.17, 15) is 4.79 Å². The zero-order valence-electron chi connectivity index (χ0n) is 11.7. The standard InChI is InChI=1S/C13H24N2O4/c1-2-17-13(16)15-8-6-14(7-9-15)5-4-12-18-10-3-11-19-12/h12H,2-11H2,1H3. The van der Waals surface area contributed by atoms with Gasteiger partial charge < -0.3 is 19.1 Å². The van der Waals surface area contributed by atoms with Crippen molar-refractivity contribution in [1.82, 2.24) is 9.80 Å². The molecule has 6 nitrogen and oxygen atoms in total. The van der Waals surface area contributed by atoms with Crippen LogP contribution in [0.15, 0.2) is 0 Å². The molecule has 0 unspecified atom stereocenters. The van der Waals surface area contributed by atoms with Crippen LogP contribution in [0, 0.1) is 0 Å². The molecule has 2 aliphatic heterocycles. The summed E-state index contributed by atoms with van der Waals surface area (Å²) in [5, 5.41) is 0. The summed E-state index contributed by atoms with van der Waals surface area (Å²) in [6, 6.07) is 0. The van der Waals surface area contributed by atoms with Crippen LogP contribution in [0.4, 0.5) is 4.79 Å². The second-order valence-corrected chi connectivity index (χ2v) is 4.84. The molecule has 2 heterocycles. The summed E-state index contributed by atoms with van der Waals surface area (Å²) in [4.78, 5) is 15.7. The first-order chi connectivity index (χ1) is 9.29. The first-order valence-corrected chi connectivity index (χ1v) is 7.17. The number of hydrogen-bond acceptors (Lipinski definition) is 5. The lowest BCUT2D eigenvalue weighted by atomic mass is 10.3. The van der Waals surface area contributed by atoms with Crippen molar-refractivity contribution in [2.45, 2.75) is 26.1 Å². The highest BCUT2D eigenvalue weighted by Gasteiger charge is 2.23. The molecule has 19 heavy (non-hydrogen) atoms. The summed E-state index contributed by atoms with van der Waals surface area (Å²) < 4.78 is 16.1. The van der Waals surface area contributed by atoms with Gasteiger partial charge in [0, 0.05) is 39.1 Å². The van der Waals surface area contributed by atoms with Crippen molar-refractivity contribution in [3.8, 4) is 0 Å². The molecule has 0 aromatic rings. The van der Waals surface area contributed by atoms with Gasteiger partial charge in [0.25, 0.3) is 0 Å². The van der Waals surface area contributed by atoms with E-state index in [-0.39, 0.29) is 12.4 Å². The summed E-state index contributed by atoms with van der Waals surface area (Å²) in [6.07, 6.45) is 1.66. The van der Waals surface area contributed by atoms with Crippen molar-refractivity contribution < 1.29 is 19.0 Å². The van der Waals surface area contributed by atoms with Crippen LogP contribution >= 0.6 is 0 Å². The van der Waals surface area contributed by atoms with E-state index in [2.05, 4.69) is 4.90 Å². The van der Waals surface area contributed by atoms with Crippen molar-refractivity contribution >= 4 is 6.09 Å². The number of carbonyl (C=O) groups is 1. The second kappa shape index (κ2) is 7.67. The van der Waals surface area contributed by atoms with Gasteiger partial charge >= 0.3 is 6.09 Å². The average Bonchev–Trinajstić information content (AvgIpc) is 2.47. The van der Waals surface area contributed by atoms with Crippen molar-refractivity contribution in [3.05, 3.63) is 0 Å². The number of rotatable bonds is 4. The quantitative estimate of drug-likeness (QED) is 0.761. The third kappa shape index (κ3) is 4.63. The Morgan fingerprint density at radius 1 is 1.21 bits per heavy atom. The third-order valence-electron chi connectivity index (χ3n) is 3.48. The minimum absolute atomic E-state index is 0.0446. The van der Waals surface area contributed by atoms with Gasteiger partial charge in [-0.2, -0.15) is 0 Å². The summed E-state index contributed by atoms with van der Waals surface area (Å²) in [6.45, 7) is 8.12. The number of hydrogen-bond donors (Lipinski definition) is 0. The van der Waals surface area contributed by atoms with Crippen LogP contribution in [0.1, 0.15) is 19.8 Å². The van der Waals surface area contributed by atoms with Gasteiger partial charge in [0.1, 0.15) is 0 Å². The van der Waals surface area contributed by atoms with Crippen LogP contribution in [0.3, 0.4) is 0 Å². The van der Waals surface area contributed by atoms with Crippen molar-refractivity contribution in [3.63, 3.8) is 0 Å². The van der Waals surface area contributed by atoms with E-state index in [1.807, 2.05) is 6.92 Å². The van der Waals surface area contributed by atoms with Gasteiger partial charge in [0.05, 0.1) is 19.8 Å². The lowest BCUT2D eigenvalue weighted by Crippen LogP contribution is -2.49. The Hall–Kier alpha value is -0.850. The van der Waals surface area contributed by atoms with Crippen LogP contribution in [0.25, 0.3) is 0 Å². The summed E-state index contributed by atoms with van der Waals surface area (Å²) in [7, 11) is 0. The van der Waals surface area contributed by atoms with Crippen molar-refractivity contribution in [1.29, 1.82) is 0 Å². The van der Waals surface area contributed by atoms with E-state index in [1.54, 1.807) is 4.90 Å². The van der Waals surface area contributed by atoms with Crippen molar-refractivity contribution in [2.75, 3.05) is 52.5 Å². The molecule has 0 atom stereocenters. The highest BCUT2D eigenvalue weighted by molar-refractivity contribution is 5.67. The van der Waals surface area contributed by atoms with Crippen LogP contribution in [0.2, 0.25) is 0 Å². The largest absolute Gasteiger partial charge is 0.450 e. The van der Waals surface area contributed by atoms with E-state index in [4.69, 9.17) is 14.2 Å². The second-order valence-electron chi connectivity index (χ2n) is 4.84.